The number of hydrogen-bond donors (Lipinski definition) is 2. The third-order valence-electron chi connectivity index (χ3n) is 5.24. The van der Waals surface area contributed by atoms with E-state index < -0.39 is 6.04 Å². The lowest BCUT2D eigenvalue weighted by Crippen LogP contribution is -2.48. The SMILES string of the molecule is C=CCN(C(=O)CNC(=O)c1cccs1)[C@H](C(=O)NC1CCCC1)c1ccc(Cl)cc1. The molecule has 3 rings (SSSR count). The van der Waals surface area contributed by atoms with Gasteiger partial charge in [0.25, 0.3) is 5.91 Å². The van der Waals surface area contributed by atoms with Gasteiger partial charge in [-0.2, -0.15) is 0 Å². The Balaban J connectivity index is 1.80. The molecule has 0 spiro atoms. The second-order valence-electron chi connectivity index (χ2n) is 7.44. The van der Waals surface area contributed by atoms with Gasteiger partial charge in [-0.05, 0) is 42.0 Å². The number of rotatable bonds is 9. The van der Waals surface area contributed by atoms with Crippen LogP contribution in [0, 0.1) is 0 Å². The Morgan fingerprint density at radius 1 is 1.19 bits per heavy atom. The monoisotopic (exact) mass is 459 g/mol. The maximum atomic E-state index is 13.3. The van der Waals surface area contributed by atoms with E-state index in [1.54, 1.807) is 47.9 Å². The summed E-state index contributed by atoms with van der Waals surface area (Å²) >= 11 is 7.33. The average Bonchev–Trinajstić information content (AvgIpc) is 3.47. The third-order valence-corrected chi connectivity index (χ3v) is 6.36. The fraction of sp³-hybridized carbons (Fsp3) is 0.348. The van der Waals surface area contributed by atoms with Crippen LogP contribution in [-0.2, 0) is 9.59 Å². The van der Waals surface area contributed by atoms with Gasteiger partial charge >= 0.3 is 0 Å². The number of amides is 3. The predicted molar refractivity (Wildman–Crippen MR) is 123 cm³/mol. The Morgan fingerprint density at radius 2 is 1.90 bits per heavy atom. The first-order valence-corrected chi connectivity index (χ1v) is 11.5. The molecule has 3 amide bonds. The molecule has 1 fully saturated rings. The number of thiophene rings is 1. The summed E-state index contributed by atoms with van der Waals surface area (Å²) in [4.78, 5) is 40.6. The van der Waals surface area contributed by atoms with Crippen molar-refractivity contribution in [2.24, 2.45) is 0 Å². The highest BCUT2D eigenvalue weighted by Gasteiger charge is 2.32. The highest BCUT2D eigenvalue weighted by atomic mass is 35.5. The first kappa shape index (κ1) is 23.0. The van der Waals surface area contributed by atoms with Crippen molar-refractivity contribution in [3.05, 3.63) is 69.9 Å². The van der Waals surface area contributed by atoms with Gasteiger partial charge in [-0.15, -0.1) is 17.9 Å². The number of hydrogen-bond acceptors (Lipinski definition) is 4. The first-order chi connectivity index (χ1) is 15.0. The summed E-state index contributed by atoms with van der Waals surface area (Å²) in [7, 11) is 0. The van der Waals surface area contributed by atoms with E-state index in [4.69, 9.17) is 11.6 Å². The number of benzene rings is 1. The van der Waals surface area contributed by atoms with Gasteiger partial charge in [0.2, 0.25) is 11.8 Å². The molecular weight excluding hydrogens is 434 g/mol. The third kappa shape index (κ3) is 6.18. The molecule has 1 aliphatic carbocycles. The van der Waals surface area contributed by atoms with E-state index in [0.29, 0.717) is 15.5 Å². The van der Waals surface area contributed by atoms with Crippen molar-refractivity contribution in [2.45, 2.75) is 37.8 Å². The van der Waals surface area contributed by atoms with E-state index in [2.05, 4.69) is 17.2 Å². The molecule has 1 atom stereocenters. The van der Waals surface area contributed by atoms with Crippen molar-refractivity contribution >= 4 is 40.7 Å². The second kappa shape index (κ2) is 11.1. The zero-order chi connectivity index (χ0) is 22.2. The van der Waals surface area contributed by atoms with Crippen molar-refractivity contribution in [1.29, 1.82) is 0 Å². The number of carbonyl (C=O) groups is 3. The van der Waals surface area contributed by atoms with E-state index in [1.165, 1.54) is 16.2 Å². The van der Waals surface area contributed by atoms with Crippen LogP contribution in [0.25, 0.3) is 0 Å². The second-order valence-corrected chi connectivity index (χ2v) is 8.82. The standard InChI is InChI=1S/C23H26ClN3O3S/c1-2-13-27(20(28)15-25-22(29)19-8-5-14-31-19)21(16-9-11-17(24)12-10-16)23(30)26-18-6-3-4-7-18/h2,5,8-12,14,18,21H,1,3-4,6-7,13,15H2,(H,25,29)(H,26,30)/t21-/m0/s1. The van der Waals surface area contributed by atoms with Gasteiger partial charge in [0, 0.05) is 17.6 Å². The van der Waals surface area contributed by atoms with Gasteiger partial charge in [0.15, 0.2) is 0 Å². The highest BCUT2D eigenvalue weighted by Crippen LogP contribution is 2.25. The van der Waals surface area contributed by atoms with Crippen molar-refractivity contribution in [3.8, 4) is 0 Å². The van der Waals surface area contributed by atoms with Crippen LogP contribution in [0.15, 0.2) is 54.4 Å². The molecule has 0 unspecified atom stereocenters. The molecule has 1 heterocycles. The van der Waals surface area contributed by atoms with Crippen LogP contribution in [0.4, 0.5) is 0 Å². The normalized spacial score (nSPS) is 14.6. The molecule has 1 saturated carbocycles. The number of nitrogens with one attached hydrogen (secondary N) is 2. The number of halogens is 1. The summed E-state index contributed by atoms with van der Waals surface area (Å²) in [5.74, 6) is -0.930. The molecule has 0 bridgehead atoms. The molecule has 8 heteroatoms. The Morgan fingerprint density at radius 3 is 2.52 bits per heavy atom. The van der Waals surface area contributed by atoms with Gasteiger partial charge in [-0.3, -0.25) is 14.4 Å². The first-order valence-electron chi connectivity index (χ1n) is 10.3. The van der Waals surface area contributed by atoms with Gasteiger partial charge in [-0.1, -0.05) is 48.7 Å². The molecule has 1 aromatic heterocycles. The van der Waals surface area contributed by atoms with Crippen LogP contribution in [-0.4, -0.2) is 41.8 Å². The lowest BCUT2D eigenvalue weighted by atomic mass is 10.0. The molecular formula is C23H26ClN3O3S. The summed E-state index contributed by atoms with van der Waals surface area (Å²) in [6.45, 7) is 3.69. The fourth-order valence-corrected chi connectivity index (χ4v) is 4.48. The molecule has 1 aromatic carbocycles. The quantitative estimate of drug-likeness (QED) is 0.557. The summed E-state index contributed by atoms with van der Waals surface area (Å²) in [5, 5.41) is 8.07. The minimum Gasteiger partial charge on any atom is -0.351 e. The molecule has 0 radical (unpaired) electrons. The van der Waals surface area contributed by atoms with Crippen LogP contribution in [0.1, 0.15) is 47.0 Å². The van der Waals surface area contributed by atoms with Crippen molar-refractivity contribution in [3.63, 3.8) is 0 Å². The molecule has 2 aromatic rings. The summed E-state index contributed by atoms with van der Waals surface area (Å²) in [6.07, 6.45) is 5.61. The number of carbonyl (C=O) groups excluding carboxylic acids is 3. The van der Waals surface area contributed by atoms with Crippen molar-refractivity contribution in [2.75, 3.05) is 13.1 Å². The zero-order valence-electron chi connectivity index (χ0n) is 17.2. The molecule has 31 heavy (non-hydrogen) atoms. The molecule has 0 aliphatic heterocycles. The summed E-state index contributed by atoms with van der Waals surface area (Å²) in [6, 6.07) is 9.61. The molecule has 6 nitrogen and oxygen atoms in total. The van der Waals surface area contributed by atoms with Gasteiger partial charge < -0.3 is 15.5 Å². The van der Waals surface area contributed by atoms with Crippen LogP contribution in [0.5, 0.6) is 0 Å². The highest BCUT2D eigenvalue weighted by molar-refractivity contribution is 7.12. The maximum absolute atomic E-state index is 13.3. The minimum atomic E-state index is -0.845. The molecule has 0 saturated heterocycles. The zero-order valence-corrected chi connectivity index (χ0v) is 18.8. The lowest BCUT2D eigenvalue weighted by molar-refractivity contribution is -0.139. The Labute approximate surface area is 191 Å². The van der Waals surface area contributed by atoms with Crippen molar-refractivity contribution < 1.29 is 14.4 Å². The largest absolute Gasteiger partial charge is 0.351 e. The van der Waals surface area contributed by atoms with Gasteiger partial charge in [0.1, 0.15) is 6.04 Å². The van der Waals surface area contributed by atoms with Crippen LogP contribution >= 0.6 is 22.9 Å². The lowest BCUT2D eigenvalue weighted by Gasteiger charge is -2.31. The minimum absolute atomic E-state index is 0.113. The van der Waals surface area contributed by atoms with Crippen LogP contribution in [0.3, 0.4) is 0 Å². The molecule has 1 aliphatic rings. The van der Waals surface area contributed by atoms with Crippen LogP contribution in [0.2, 0.25) is 5.02 Å². The summed E-state index contributed by atoms with van der Waals surface area (Å²) < 4.78 is 0. The molecule has 2 N–H and O–H groups in total. The predicted octanol–water partition coefficient (Wildman–Crippen LogP) is 3.95. The average molecular weight is 460 g/mol. The maximum Gasteiger partial charge on any atom is 0.261 e. The smallest absolute Gasteiger partial charge is 0.261 e. The van der Waals surface area contributed by atoms with E-state index >= 15 is 0 Å². The topological polar surface area (TPSA) is 78.5 Å². The van der Waals surface area contributed by atoms with E-state index in [9.17, 15) is 14.4 Å². The van der Waals surface area contributed by atoms with Gasteiger partial charge in [0.05, 0.1) is 11.4 Å². The van der Waals surface area contributed by atoms with Crippen molar-refractivity contribution in [1.82, 2.24) is 15.5 Å². The van der Waals surface area contributed by atoms with E-state index in [0.717, 1.165) is 25.7 Å². The van der Waals surface area contributed by atoms with Gasteiger partial charge in [-0.25, -0.2) is 0 Å². The number of nitrogens with zero attached hydrogens (tertiary/aromatic N) is 1. The van der Waals surface area contributed by atoms with E-state index in [1.807, 2.05) is 0 Å². The Kier molecular flexibility index (Phi) is 8.26. The van der Waals surface area contributed by atoms with Crippen LogP contribution < -0.4 is 10.6 Å². The van der Waals surface area contributed by atoms with E-state index in [-0.39, 0.29) is 36.9 Å². The Bertz CT molecular complexity index is 909. The molecule has 164 valence electrons. The summed E-state index contributed by atoms with van der Waals surface area (Å²) in [5.41, 5.74) is 0.652. The Hall–Kier alpha value is -2.64. The fourth-order valence-electron chi connectivity index (χ4n) is 3.71.